The molecule has 0 aromatic rings. The summed E-state index contributed by atoms with van der Waals surface area (Å²) in [5.74, 6) is -4.26. The lowest BCUT2D eigenvalue weighted by Crippen LogP contribution is -2.42. The molecule has 0 aliphatic carbocycles. The Bertz CT molecular complexity index is 304. The van der Waals surface area contributed by atoms with Gasteiger partial charge in [0.1, 0.15) is 0 Å². The van der Waals surface area contributed by atoms with E-state index in [0.717, 1.165) is 0 Å². The number of halogens is 3. The minimum absolute atomic E-state index is 0.132. The van der Waals surface area contributed by atoms with Gasteiger partial charge >= 0.3 is 0 Å². The molecule has 0 spiro atoms. The zero-order chi connectivity index (χ0) is 11.4. The molecule has 1 aliphatic heterocycles. The molecule has 0 unspecified atom stereocenters. The molecule has 1 N–H and O–H groups in total. The van der Waals surface area contributed by atoms with Crippen LogP contribution in [0, 0.1) is 0 Å². The van der Waals surface area contributed by atoms with Gasteiger partial charge in [0.25, 0.3) is 0 Å². The number of hydrogen-bond acceptors (Lipinski definition) is 2. The average molecular weight is 218 g/mol. The zero-order valence-electron chi connectivity index (χ0n) is 8.32. The standard InChI is InChI=1S/C10H13F3N2/c1-7(11)9(12)10(13)8(2)15-5-3-14-4-6-15/h14H,1-6H2/b10-9-. The normalized spacial score (nSPS) is 18.5. The molecule has 1 fully saturated rings. The van der Waals surface area contributed by atoms with Crippen molar-refractivity contribution in [1.29, 1.82) is 0 Å². The number of piperazine rings is 1. The Hall–Kier alpha value is -1.23. The Morgan fingerprint density at radius 3 is 2.00 bits per heavy atom. The fourth-order valence-corrected chi connectivity index (χ4v) is 1.32. The van der Waals surface area contributed by atoms with E-state index >= 15 is 0 Å². The van der Waals surface area contributed by atoms with Crippen molar-refractivity contribution in [2.45, 2.75) is 0 Å². The van der Waals surface area contributed by atoms with E-state index in [9.17, 15) is 13.2 Å². The lowest BCUT2D eigenvalue weighted by atomic mass is 10.2. The van der Waals surface area contributed by atoms with Gasteiger partial charge in [-0.2, -0.15) is 0 Å². The van der Waals surface area contributed by atoms with Crippen molar-refractivity contribution in [1.82, 2.24) is 10.2 Å². The fraction of sp³-hybridized carbons (Fsp3) is 0.400. The third kappa shape index (κ3) is 2.86. The van der Waals surface area contributed by atoms with Crippen molar-refractivity contribution in [2.75, 3.05) is 26.2 Å². The number of nitrogens with one attached hydrogen (secondary N) is 1. The molecule has 0 aromatic heterocycles. The van der Waals surface area contributed by atoms with E-state index in [-0.39, 0.29) is 5.70 Å². The molecule has 1 aliphatic rings. The number of rotatable bonds is 3. The van der Waals surface area contributed by atoms with Gasteiger partial charge in [0.2, 0.25) is 0 Å². The molecule has 0 aromatic carbocycles. The first kappa shape index (κ1) is 11.8. The number of allylic oxidation sites excluding steroid dienone is 3. The Morgan fingerprint density at radius 2 is 1.53 bits per heavy atom. The molecular weight excluding hydrogens is 205 g/mol. The van der Waals surface area contributed by atoms with E-state index in [0.29, 0.717) is 26.2 Å². The summed E-state index contributed by atoms with van der Waals surface area (Å²) in [6.07, 6.45) is 0. The van der Waals surface area contributed by atoms with Crippen LogP contribution >= 0.6 is 0 Å². The first-order chi connectivity index (χ1) is 7.04. The van der Waals surface area contributed by atoms with Crippen LogP contribution in [0.5, 0.6) is 0 Å². The fourth-order valence-electron chi connectivity index (χ4n) is 1.32. The highest BCUT2D eigenvalue weighted by molar-refractivity contribution is 5.31. The first-order valence-electron chi connectivity index (χ1n) is 4.59. The van der Waals surface area contributed by atoms with Crippen LogP contribution in [-0.4, -0.2) is 31.1 Å². The third-order valence-electron chi connectivity index (χ3n) is 2.18. The van der Waals surface area contributed by atoms with Crippen LogP contribution in [-0.2, 0) is 0 Å². The minimum Gasteiger partial charge on any atom is -0.367 e. The summed E-state index contributed by atoms with van der Waals surface area (Å²) in [7, 11) is 0. The Morgan fingerprint density at radius 1 is 1.00 bits per heavy atom. The summed E-state index contributed by atoms with van der Waals surface area (Å²) in [6.45, 7) is 8.49. The summed E-state index contributed by atoms with van der Waals surface area (Å²) in [5, 5.41) is 3.05. The molecule has 84 valence electrons. The smallest absolute Gasteiger partial charge is 0.195 e. The number of hydrogen-bond donors (Lipinski definition) is 1. The molecule has 15 heavy (non-hydrogen) atoms. The van der Waals surface area contributed by atoms with Gasteiger partial charge in [-0.1, -0.05) is 13.2 Å². The van der Waals surface area contributed by atoms with Crippen LogP contribution < -0.4 is 5.32 Å². The molecule has 0 saturated carbocycles. The van der Waals surface area contributed by atoms with Crippen molar-refractivity contribution >= 4 is 0 Å². The molecular formula is C10H13F3N2. The maximum atomic E-state index is 13.3. The molecule has 1 rings (SSSR count). The van der Waals surface area contributed by atoms with Gasteiger partial charge in [-0.15, -0.1) is 0 Å². The summed E-state index contributed by atoms with van der Waals surface area (Å²) >= 11 is 0. The lowest BCUT2D eigenvalue weighted by Gasteiger charge is -2.30. The molecule has 2 nitrogen and oxygen atoms in total. The third-order valence-corrected chi connectivity index (χ3v) is 2.18. The van der Waals surface area contributed by atoms with Crippen molar-refractivity contribution in [2.24, 2.45) is 0 Å². The van der Waals surface area contributed by atoms with Gasteiger partial charge in [-0.3, -0.25) is 0 Å². The van der Waals surface area contributed by atoms with Gasteiger partial charge in [-0.05, 0) is 0 Å². The van der Waals surface area contributed by atoms with E-state index in [4.69, 9.17) is 0 Å². The lowest BCUT2D eigenvalue weighted by molar-refractivity contribution is 0.291. The second-order valence-electron chi connectivity index (χ2n) is 3.22. The molecule has 0 atom stereocenters. The van der Waals surface area contributed by atoms with E-state index in [1.807, 2.05) is 0 Å². The summed E-state index contributed by atoms with van der Waals surface area (Å²) in [6, 6.07) is 0. The topological polar surface area (TPSA) is 15.3 Å². The molecule has 1 heterocycles. The SMILES string of the molecule is C=C(F)/C(F)=C(/F)C(=C)N1CCNCC1. The van der Waals surface area contributed by atoms with Crippen LogP contribution in [0.4, 0.5) is 13.2 Å². The van der Waals surface area contributed by atoms with Crippen LogP contribution in [0.2, 0.25) is 0 Å². The predicted octanol–water partition coefficient (Wildman–Crippen LogP) is 2.04. The van der Waals surface area contributed by atoms with Crippen LogP contribution in [0.1, 0.15) is 0 Å². The highest BCUT2D eigenvalue weighted by atomic mass is 19.2. The summed E-state index contributed by atoms with van der Waals surface area (Å²) in [5.41, 5.74) is -0.132. The molecule has 0 radical (unpaired) electrons. The van der Waals surface area contributed by atoms with Crippen LogP contribution in [0.3, 0.4) is 0 Å². The van der Waals surface area contributed by atoms with Crippen LogP contribution in [0.25, 0.3) is 0 Å². The van der Waals surface area contributed by atoms with Gasteiger partial charge in [0.05, 0.1) is 5.70 Å². The summed E-state index contributed by atoms with van der Waals surface area (Å²) < 4.78 is 38.5. The minimum atomic E-state index is -1.57. The van der Waals surface area contributed by atoms with E-state index in [1.54, 1.807) is 4.90 Å². The van der Waals surface area contributed by atoms with Gasteiger partial charge in [0.15, 0.2) is 17.5 Å². The van der Waals surface area contributed by atoms with Gasteiger partial charge < -0.3 is 10.2 Å². The number of nitrogens with zero attached hydrogens (tertiary/aromatic N) is 1. The second-order valence-corrected chi connectivity index (χ2v) is 3.22. The van der Waals surface area contributed by atoms with E-state index in [1.165, 1.54) is 0 Å². The summed E-state index contributed by atoms with van der Waals surface area (Å²) in [4.78, 5) is 1.56. The Balaban J connectivity index is 2.74. The average Bonchev–Trinajstić information content (AvgIpc) is 2.27. The van der Waals surface area contributed by atoms with Crippen molar-refractivity contribution in [3.05, 3.63) is 36.3 Å². The van der Waals surface area contributed by atoms with Gasteiger partial charge in [0, 0.05) is 26.2 Å². The molecule has 1 saturated heterocycles. The van der Waals surface area contributed by atoms with Crippen molar-refractivity contribution in [3.63, 3.8) is 0 Å². The molecule has 0 bridgehead atoms. The quantitative estimate of drug-likeness (QED) is 0.729. The molecule has 5 heteroatoms. The predicted molar refractivity (Wildman–Crippen MR) is 53.1 cm³/mol. The Kier molecular flexibility index (Phi) is 3.96. The van der Waals surface area contributed by atoms with Crippen molar-refractivity contribution < 1.29 is 13.2 Å². The van der Waals surface area contributed by atoms with Gasteiger partial charge in [-0.25, -0.2) is 13.2 Å². The highest BCUT2D eigenvalue weighted by Crippen LogP contribution is 2.24. The maximum Gasteiger partial charge on any atom is 0.195 e. The largest absolute Gasteiger partial charge is 0.367 e. The maximum absolute atomic E-state index is 13.3. The van der Waals surface area contributed by atoms with E-state index in [2.05, 4.69) is 18.5 Å². The van der Waals surface area contributed by atoms with E-state index < -0.39 is 17.5 Å². The first-order valence-corrected chi connectivity index (χ1v) is 4.59. The highest BCUT2D eigenvalue weighted by Gasteiger charge is 2.19. The van der Waals surface area contributed by atoms with Crippen LogP contribution in [0.15, 0.2) is 36.3 Å². The molecule has 0 amide bonds. The zero-order valence-corrected chi connectivity index (χ0v) is 8.32. The monoisotopic (exact) mass is 218 g/mol. The van der Waals surface area contributed by atoms with Crippen molar-refractivity contribution in [3.8, 4) is 0 Å². The Labute approximate surface area is 86.8 Å². The second kappa shape index (κ2) is 5.02.